The molecule has 2 unspecified atom stereocenters. The van der Waals surface area contributed by atoms with Crippen LogP contribution in [0.25, 0.3) is 0 Å². The van der Waals surface area contributed by atoms with Gasteiger partial charge in [0.1, 0.15) is 0 Å². The van der Waals surface area contributed by atoms with E-state index in [1.807, 2.05) is 11.8 Å². The second-order valence-electron chi connectivity index (χ2n) is 10.6. The second kappa shape index (κ2) is 8.45. The normalized spacial score (nSPS) is 25.4. The van der Waals surface area contributed by atoms with E-state index in [1.165, 1.54) is 10.5 Å². The van der Waals surface area contributed by atoms with Crippen LogP contribution < -0.4 is 0 Å². The van der Waals surface area contributed by atoms with Crippen molar-refractivity contribution in [2.45, 2.75) is 54.7 Å². The van der Waals surface area contributed by atoms with Crippen molar-refractivity contribution in [3.05, 3.63) is 75.5 Å². The molecule has 3 aliphatic carbocycles. The van der Waals surface area contributed by atoms with Gasteiger partial charge in [-0.1, -0.05) is 0 Å². The zero-order valence-electron chi connectivity index (χ0n) is 19.4. The van der Waals surface area contributed by atoms with Crippen molar-refractivity contribution in [1.29, 1.82) is 0 Å². The molecule has 164 valence electrons. The molecule has 0 amide bonds. The summed E-state index contributed by atoms with van der Waals surface area (Å²) in [4.78, 5) is 1.46. The molecule has 0 saturated heterocycles. The van der Waals surface area contributed by atoms with Gasteiger partial charge in [-0.2, -0.15) is 0 Å². The summed E-state index contributed by atoms with van der Waals surface area (Å²) in [5, 5.41) is 2.05. The standard InChI is InChI=1S/C13H18P.C9H7S.2CH3.2ClH.H2Si.Zr/c1-9-6-11-8-10(2)14(12(11)7-9)13(3,4)5;1-10-9-6-5-7-3-2-4-8(7)9;;;;;;/h7-8,10H,1-5H3;2-3,5-6H,1H3;2*1H3;2*1H;1H2;. The number of fused-ring (bicyclic) bond motifs is 2. The second-order valence-corrected chi connectivity index (χ2v) is 43.1. The van der Waals surface area contributed by atoms with Gasteiger partial charge in [0.15, 0.2) is 0 Å². The summed E-state index contributed by atoms with van der Waals surface area (Å²) in [7, 11) is -0.143. The molecular weight excluding hydrogens is 542 g/mol. The zero-order valence-corrected chi connectivity index (χ0v) is 26.6. The molecule has 1 aliphatic heterocycles. The van der Waals surface area contributed by atoms with Crippen molar-refractivity contribution in [2.75, 3.05) is 6.26 Å². The number of hydrogen-bond donors (Lipinski definition) is 0. The predicted octanol–water partition coefficient (Wildman–Crippen LogP) is 7.96. The Bertz CT molecular complexity index is 1090. The first-order valence-corrected chi connectivity index (χ1v) is 26.2. The maximum Gasteiger partial charge on any atom is -0.147 e. The summed E-state index contributed by atoms with van der Waals surface area (Å²) >= 11 is -1.45. The van der Waals surface area contributed by atoms with Crippen LogP contribution in [0.15, 0.2) is 75.5 Å². The van der Waals surface area contributed by atoms with Crippen LogP contribution >= 0.6 is 44.5 Å². The molecule has 0 N–H and O–H groups in total. The Morgan fingerprint density at radius 3 is 2.30 bits per heavy atom. The first-order chi connectivity index (χ1) is 12.8. The zero-order chi connectivity index (χ0) is 20.7. The Labute approximate surface area is 203 Å². The summed E-state index contributed by atoms with van der Waals surface area (Å²) < 4.78 is 8.79. The van der Waals surface area contributed by atoms with Gasteiger partial charge in [-0.3, -0.25) is 0 Å². The molecule has 0 saturated carbocycles. The predicted molar refractivity (Wildman–Crippen MR) is 146 cm³/mol. The molecule has 30 heavy (non-hydrogen) atoms. The first-order valence-electron chi connectivity index (χ1n) is 10.3. The molecule has 0 aromatic rings. The van der Waals surface area contributed by atoms with Crippen molar-refractivity contribution in [3.63, 3.8) is 0 Å². The average Bonchev–Trinajstić information content (AvgIpc) is 3.23. The summed E-state index contributed by atoms with van der Waals surface area (Å²) in [6, 6.07) is 0. The summed E-state index contributed by atoms with van der Waals surface area (Å²) in [5.41, 5.74) is 6.88. The quantitative estimate of drug-likeness (QED) is 0.243. The van der Waals surface area contributed by atoms with Gasteiger partial charge in [0.2, 0.25) is 0 Å². The van der Waals surface area contributed by atoms with Crippen LogP contribution in [-0.2, 0) is 17.4 Å². The average molecular weight is 577 g/mol. The fourth-order valence-electron chi connectivity index (χ4n) is 5.77. The van der Waals surface area contributed by atoms with Gasteiger partial charge < -0.3 is 0 Å². The Kier molecular flexibility index (Phi) is 7.57. The minimum absolute atomic E-state index is 0. The Morgan fingerprint density at radius 2 is 1.73 bits per heavy atom. The first kappa shape index (κ1) is 26.9. The minimum Gasteiger partial charge on any atom is -0.147 e. The molecule has 1 heterocycles. The summed E-state index contributed by atoms with van der Waals surface area (Å²) in [6.07, 6.45) is 16.9. The summed E-state index contributed by atoms with van der Waals surface area (Å²) in [5.74, 6) is 0. The van der Waals surface area contributed by atoms with Crippen molar-refractivity contribution in [1.82, 2.24) is 0 Å². The van der Waals surface area contributed by atoms with E-state index >= 15 is 0 Å². The van der Waals surface area contributed by atoms with Crippen molar-refractivity contribution >= 4 is 51.4 Å². The van der Waals surface area contributed by atoms with Crippen LogP contribution in [0.2, 0.25) is 9.26 Å². The molecule has 0 nitrogen and oxygen atoms in total. The number of thioether (sulfide) groups is 1. The van der Waals surface area contributed by atoms with Crippen molar-refractivity contribution in [3.8, 4) is 0 Å². The smallest absolute Gasteiger partial charge is 0.147 e. The van der Waals surface area contributed by atoms with E-state index in [4.69, 9.17) is 0 Å². The van der Waals surface area contributed by atoms with Crippen LogP contribution in [0.1, 0.15) is 34.6 Å². The molecule has 2 atom stereocenters. The van der Waals surface area contributed by atoms with E-state index in [9.17, 15) is 0 Å². The molecule has 0 aromatic carbocycles. The molecule has 4 rings (SSSR count). The summed E-state index contributed by atoms with van der Waals surface area (Å²) in [6.45, 7) is 14.5. The van der Waals surface area contributed by atoms with Gasteiger partial charge in [-0.25, -0.2) is 0 Å². The molecule has 0 spiro atoms. The van der Waals surface area contributed by atoms with E-state index in [2.05, 4.69) is 93.5 Å². The van der Waals surface area contributed by atoms with Crippen LogP contribution in [0, 0.1) is 0 Å². The maximum absolute atomic E-state index is 3.35. The Balaban J connectivity index is 0.00000160. The van der Waals surface area contributed by atoms with E-state index in [0.29, 0.717) is 10.8 Å². The SMILES string of the molecule is CSC1=C2C(=CC=[C]2[Zr]([CH3])([CH3])(=[SiH2])[C]2=C(C)C=C3C2=CC(C)P3C(C)(C)C)C=C1.Cl.Cl. The van der Waals surface area contributed by atoms with Gasteiger partial charge >= 0.3 is 180 Å². The third-order valence-electron chi connectivity index (χ3n) is 6.62. The molecule has 0 fully saturated rings. The van der Waals surface area contributed by atoms with Gasteiger partial charge in [0.25, 0.3) is 0 Å². The van der Waals surface area contributed by atoms with Gasteiger partial charge in [-0.15, -0.1) is 24.8 Å². The van der Waals surface area contributed by atoms with Crippen molar-refractivity contribution in [2.24, 2.45) is 0 Å². The van der Waals surface area contributed by atoms with Gasteiger partial charge in [-0.05, 0) is 0 Å². The monoisotopic (exact) mass is 574 g/mol. The van der Waals surface area contributed by atoms with Crippen LogP contribution in [0.3, 0.4) is 0 Å². The molecule has 6 heteroatoms. The van der Waals surface area contributed by atoms with E-state index in [0.717, 1.165) is 0 Å². The topological polar surface area (TPSA) is 0 Å². The third kappa shape index (κ3) is 3.93. The Morgan fingerprint density at radius 1 is 1.10 bits per heavy atom. The molecule has 4 aliphatic rings. The molecule has 0 aromatic heterocycles. The van der Waals surface area contributed by atoms with Crippen LogP contribution in [0.4, 0.5) is 0 Å². The van der Waals surface area contributed by atoms with E-state index in [1.54, 1.807) is 28.6 Å². The number of halogens is 2. The number of rotatable bonds is 3. The number of allylic oxidation sites excluding steroid dienone is 13. The Hall–Kier alpha value is 0.640. The van der Waals surface area contributed by atoms with Crippen molar-refractivity contribution < 1.29 is 17.4 Å². The largest absolute Gasteiger partial charge is 0.147 e. The van der Waals surface area contributed by atoms with E-state index in [-0.39, 0.29) is 32.7 Å². The minimum atomic E-state index is -3.35. The molecular formula is C24H35Cl2PSSiZr. The molecule has 0 radical (unpaired) electrons. The third-order valence-corrected chi connectivity index (χ3v) is 25.9. The fourth-order valence-corrected chi connectivity index (χ4v) is 25.6. The number of hydrogen-bond acceptors (Lipinski definition) is 1. The van der Waals surface area contributed by atoms with Gasteiger partial charge in [0.05, 0.1) is 0 Å². The fraction of sp³-hybridized carbons (Fsp3) is 0.417. The molecule has 0 bridgehead atoms. The maximum atomic E-state index is 2.67. The van der Waals surface area contributed by atoms with E-state index < -0.39 is 17.4 Å². The van der Waals surface area contributed by atoms with Gasteiger partial charge in [0, 0.05) is 0 Å². The van der Waals surface area contributed by atoms with Crippen LogP contribution in [0.5, 0.6) is 0 Å². The van der Waals surface area contributed by atoms with Crippen LogP contribution in [-0.4, -0.2) is 24.0 Å².